The predicted octanol–water partition coefficient (Wildman–Crippen LogP) is 2.34. The molecule has 0 aromatic rings. The normalized spacial score (nSPS) is 13.2. The molecule has 0 radical (unpaired) electrons. The molecule has 0 spiro atoms. The van der Waals surface area contributed by atoms with Crippen molar-refractivity contribution in [1.29, 1.82) is 0 Å². The molecule has 0 aromatic carbocycles. The van der Waals surface area contributed by atoms with Gasteiger partial charge in [-0.1, -0.05) is 46.0 Å². The van der Waals surface area contributed by atoms with E-state index in [1.165, 1.54) is 38.5 Å². The second-order valence-electron chi connectivity index (χ2n) is 3.67. The van der Waals surface area contributed by atoms with Crippen molar-refractivity contribution in [3.05, 3.63) is 0 Å². The maximum atomic E-state index is 5.49. The van der Waals surface area contributed by atoms with Crippen molar-refractivity contribution in [2.75, 3.05) is 6.61 Å². The molecule has 1 atom stereocenters. The molecule has 0 heterocycles. The van der Waals surface area contributed by atoms with E-state index in [0.717, 1.165) is 13.0 Å². The Bertz CT molecular complexity index is 96.1. The van der Waals surface area contributed by atoms with Gasteiger partial charge in [0.15, 0.2) is 6.23 Å². The molecule has 13 heavy (non-hydrogen) atoms. The van der Waals surface area contributed by atoms with Crippen LogP contribution in [0.5, 0.6) is 0 Å². The highest BCUT2D eigenvalue weighted by Crippen LogP contribution is 2.05. The molecule has 0 bridgehead atoms. The third-order valence-electron chi connectivity index (χ3n) is 2.31. The number of rotatable bonds is 9. The number of hydrogen-bond donors (Lipinski definition) is 1. The SMILES string of the molecule is CCCCCCCCOC([NH3+])CC. The maximum Gasteiger partial charge on any atom is 0.188 e. The standard InChI is InChI=1S/C11H25NO/c1-3-5-6-7-8-9-10-13-11(12)4-2/h11H,3-10,12H2,1-2H3/p+1. The first-order valence-electron chi connectivity index (χ1n) is 5.76. The molecular formula is C11H26NO+. The summed E-state index contributed by atoms with van der Waals surface area (Å²) in [5, 5.41) is 0. The molecule has 0 amide bonds. The smallest absolute Gasteiger partial charge is 0.188 e. The van der Waals surface area contributed by atoms with E-state index in [-0.39, 0.29) is 6.23 Å². The van der Waals surface area contributed by atoms with Crippen molar-refractivity contribution in [2.24, 2.45) is 0 Å². The van der Waals surface area contributed by atoms with Crippen LogP contribution in [0.15, 0.2) is 0 Å². The van der Waals surface area contributed by atoms with Crippen molar-refractivity contribution >= 4 is 0 Å². The molecule has 0 saturated carbocycles. The van der Waals surface area contributed by atoms with Gasteiger partial charge in [0, 0.05) is 6.42 Å². The number of hydrogen-bond acceptors (Lipinski definition) is 1. The minimum Gasteiger partial charge on any atom is -0.332 e. The fourth-order valence-corrected chi connectivity index (χ4v) is 1.25. The minimum absolute atomic E-state index is 0.204. The van der Waals surface area contributed by atoms with Crippen molar-refractivity contribution in [2.45, 2.75) is 65.0 Å². The number of quaternary nitrogens is 1. The summed E-state index contributed by atoms with van der Waals surface area (Å²) >= 11 is 0. The highest BCUT2D eigenvalue weighted by atomic mass is 16.5. The first-order valence-corrected chi connectivity index (χ1v) is 5.76. The van der Waals surface area contributed by atoms with Gasteiger partial charge < -0.3 is 10.5 Å². The van der Waals surface area contributed by atoms with Gasteiger partial charge in [0.05, 0.1) is 6.61 Å². The van der Waals surface area contributed by atoms with Gasteiger partial charge in [0.1, 0.15) is 0 Å². The molecular weight excluding hydrogens is 162 g/mol. The fraction of sp³-hybridized carbons (Fsp3) is 1.00. The lowest BCUT2D eigenvalue weighted by atomic mass is 10.1. The van der Waals surface area contributed by atoms with Gasteiger partial charge in [-0.2, -0.15) is 0 Å². The summed E-state index contributed by atoms with van der Waals surface area (Å²) in [5.41, 5.74) is 3.88. The van der Waals surface area contributed by atoms with E-state index >= 15 is 0 Å². The monoisotopic (exact) mass is 188 g/mol. The van der Waals surface area contributed by atoms with Gasteiger partial charge >= 0.3 is 0 Å². The largest absolute Gasteiger partial charge is 0.332 e. The first kappa shape index (κ1) is 12.9. The number of ether oxygens (including phenoxy) is 1. The third-order valence-corrected chi connectivity index (χ3v) is 2.31. The minimum atomic E-state index is 0.204. The molecule has 2 nitrogen and oxygen atoms in total. The first-order chi connectivity index (χ1) is 6.31. The third kappa shape index (κ3) is 9.84. The molecule has 0 aliphatic carbocycles. The lowest BCUT2D eigenvalue weighted by Crippen LogP contribution is -2.61. The quantitative estimate of drug-likeness (QED) is 0.437. The van der Waals surface area contributed by atoms with Gasteiger partial charge in [0.25, 0.3) is 0 Å². The summed E-state index contributed by atoms with van der Waals surface area (Å²) in [6.45, 7) is 5.25. The molecule has 80 valence electrons. The van der Waals surface area contributed by atoms with Crippen LogP contribution in [0.1, 0.15) is 58.8 Å². The molecule has 0 rings (SSSR count). The van der Waals surface area contributed by atoms with Crippen molar-refractivity contribution in [3.63, 3.8) is 0 Å². The summed E-state index contributed by atoms with van der Waals surface area (Å²) in [6, 6.07) is 0. The zero-order valence-electron chi connectivity index (χ0n) is 9.35. The van der Waals surface area contributed by atoms with Gasteiger partial charge in [-0.05, 0) is 6.42 Å². The lowest BCUT2D eigenvalue weighted by molar-refractivity contribution is -0.491. The van der Waals surface area contributed by atoms with Crippen LogP contribution in [-0.4, -0.2) is 12.8 Å². The molecule has 1 unspecified atom stereocenters. The second-order valence-corrected chi connectivity index (χ2v) is 3.67. The Kier molecular flexibility index (Phi) is 9.94. The zero-order valence-corrected chi connectivity index (χ0v) is 9.35. The molecule has 0 saturated heterocycles. The lowest BCUT2D eigenvalue weighted by Gasteiger charge is -2.06. The van der Waals surface area contributed by atoms with E-state index in [1.807, 2.05) is 0 Å². The van der Waals surface area contributed by atoms with Crippen LogP contribution in [0.3, 0.4) is 0 Å². The van der Waals surface area contributed by atoms with E-state index in [0.29, 0.717) is 0 Å². The van der Waals surface area contributed by atoms with Crippen LogP contribution in [0.2, 0.25) is 0 Å². The summed E-state index contributed by atoms with van der Waals surface area (Å²) in [5.74, 6) is 0. The van der Waals surface area contributed by atoms with E-state index in [9.17, 15) is 0 Å². The Morgan fingerprint density at radius 1 is 1.00 bits per heavy atom. The number of unbranched alkanes of at least 4 members (excludes halogenated alkanes) is 5. The van der Waals surface area contributed by atoms with Gasteiger partial charge in [-0.3, -0.25) is 0 Å². The van der Waals surface area contributed by atoms with Crippen LogP contribution in [0.25, 0.3) is 0 Å². The average molecular weight is 188 g/mol. The van der Waals surface area contributed by atoms with Crippen molar-refractivity contribution in [3.8, 4) is 0 Å². The zero-order chi connectivity index (χ0) is 9.94. The molecule has 2 heteroatoms. The molecule has 3 N–H and O–H groups in total. The van der Waals surface area contributed by atoms with Crippen LogP contribution >= 0.6 is 0 Å². The summed E-state index contributed by atoms with van der Waals surface area (Å²) in [4.78, 5) is 0. The Morgan fingerprint density at radius 2 is 1.62 bits per heavy atom. The summed E-state index contributed by atoms with van der Waals surface area (Å²) in [6.07, 6.45) is 9.21. The van der Waals surface area contributed by atoms with Crippen LogP contribution < -0.4 is 5.73 Å². The predicted molar refractivity (Wildman–Crippen MR) is 56.3 cm³/mol. The topological polar surface area (TPSA) is 36.9 Å². The van der Waals surface area contributed by atoms with Gasteiger partial charge in [0.2, 0.25) is 0 Å². The van der Waals surface area contributed by atoms with E-state index in [2.05, 4.69) is 19.6 Å². The van der Waals surface area contributed by atoms with E-state index in [4.69, 9.17) is 4.74 Å². The van der Waals surface area contributed by atoms with Crippen LogP contribution in [0, 0.1) is 0 Å². The van der Waals surface area contributed by atoms with E-state index in [1.54, 1.807) is 0 Å². The Labute approximate surface area is 82.8 Å². The van der Waals surface area contributed by atoms with Crippen molar-refractivity contribution < 1.29 is 10.5 Å². The summed E-state index contributed by atoms with van der Waals surface area (Å²) in [7, 11) is 0. The molecule has 0 fully saturated rings. The fourth-order valence-electron chi connectivity index (χ4n) is 1.25. The highest BCUT2D eigenvalue weighted by molar-refractivity contribution is 4.43. The van der Waals surface area contributed by atoms with Gasteiger partial charge in [-0.15, -0.1) is 0 Å². The maximum absolute atomic E-state index is 5.49. The molecule has 0 aromatic heterocycles. The average Bonchev–Trinajstić information content (AvgIpc) is 2.16. The van der Waals surface area contributed by atoms with Crippen LogP contribution in [-0.2, 0) is 4.74 Å². The Hall–Kier alpha value is -0.0800. The Morgan fingerprint density at radius 3 is 2.23 bits per heavy atom. The molecule has 0 aliphatic rings. The Balaban J connectivity index is 2.91. The molecule has 0 aliphatic heterocycles. The summed E-state index contributed by atoms with van der Waals surface area (Å²) < 4.78 is 5.49. The second kappa shape index (κ2) is 10.0. The van der Waals surface area contributed by atoms with Crippen molar-refractivity contribution in [1.82, 2.24) is 0 Å². The van der Waals surface area contributed by atoms with Gasteiger partial charge in [-0.25, -0.2) is 0 Å². The highest BCUT2D eigenvalue weighted by Gasteiger charge is 2.00. The van der Waals surface area contributed by atoms with E-state index < -0.39 is 0 Å². The van der Waals surface area contributed by atoms with Crippen LogP contribution in [0.4, 0.5) is 0 Å².